The minimum atomic E-state index is -0.565. The lowest BCUT2D eigenvalue weighted by molar-refractivity contribution is -0.0169. The van der Waals surface area contributed by atoms with Gasteiger partial charge in [-0.25, -0.2) is 10.2 Å². The monoisotopic (exact) mass is 404 g/mol. The van der Waals surface area contributed by atoms with E-state index in [-0.39, 0.29) is 23.0 Å². The molecule has 29 heavy (non-hydrogen) atoms. The Morgan fingerprint density at radius 1 is 1.03 bits per heavy atom. The molecule has 1 aromatic rings. The van der Waals surface area contributed by atoms with E-state index in [0.717, 1.165) is 12.8 Å². The quantitative estimate of drug-likeness (QED) is 0.663. The lowest BCUT2D eigenvalue weighted by atomic mass is 9.77. The van der Waals surface area contributed by atoms with Crippen LogP contribution >= 0.6 is 0 Å². The molecule has 3 N–H and O–H groups in total. The van der Waals surface area contributed by atoms with Crippen molar-refractivity contribution in [3.05, 3.63) is 29.8 Å². The molecule has 0 aromatic heterocycles. The first-order chi connectivity index (χ1) is 13.2. The lowest BCUT2D eigenvalue weighted by Crippen LogP contribution is -2.62. The summed E-state index contributed by atoms with van der Waals surface area (Å²) in [5.74, 6) is -0.0854. The van der Waals surface area contributed by atoms with Gasteiger partial charge in [-0.1, -0.05) is 0 Å². The number of carbonyl (C=O) groups is 2. The van der Waals surface area contributed by atoms with Crippen molar-refractivity contribution in [2.24, 2.45) is 0 Å². The van der Waals surface area contributed by atoms with Gasteiger partial charge in [0.2, 0.25) is 0 Å². The van der Waals surface area contributed by atoms with Crippen LogP contribution in [0, 0.1) is 0 Å². The SMILES string of the molecule is CN1C(C)(C)CC(NC(=O)c2ccc(NNC(=O)OC(C)(C)C)cc2)CC1(C)C. The van der Waals surface area contributed by atoms with Gasteiger partial charge in [-0.05, 0) is 92.6 Å². The van der Waals surface area contributed by atoms with Crippen molar-refractivity contribution in [3.8, 4) is 0 Å². The topological polar surface area (TPSA) is 82.7 Å². The molecule has 7 heteroatoms. The second-order valence-electron chi connectivity index (χ2n) is 10.1. The Labute approximate surface area is 174 Å². The van der Waals surface area contributed by atoms with Gasteiger partial charge in [-0.2, -0.15) is 0 Å². The first-order valence-corrected chi connectivity index (χ1v) is 10.1. The van der Waals surface area contributed by atoms with Crippen molar-refractivity contribution in [1.82, 2.24) is 15.6 Å². The second-order valence-corrected chi connectivity index (χ2v) is 10.1. The van der Waals surface area contributed by atoms with E-state index in [1.807, 2.05) is 0 Å². The number of nitrogens with zero attached hydrogens (tertiary/aromatic N) is 1. The average molecular weight is 405 g/mol. The molecule has 0 saturated carbocycles. The largest absolute Gasteiger partial charge is 0.443 e. The van der Waals surface area contributed by atoms with Crippen LogP contribution in [0.15, 0.2) is 24.3 Å². The van der Waals surface area contributed by atoms with Crippen molar-refractivity contribution in [3.63, 3.8) is 0 Å². The maximum Gasteiger partial charge on any atom is 0.426 e. The normalized spacial score (nSPS) is 19.3. The van der Waals surface area contributed by atoms with E-state index in [0.29, 0.717) is 11.3 Å². The Balaban J connectivity index is 1.93. The van der Waals surface area contributed by atoms with Crippen LogP contribution < -0.4 is 16.2 Å². The summed E-state index contributed by atoms with van der Waals surface area (Å²) in [4.78, 5) is 26.8. The predicted octanol–water partition coefficient (Wildman–Crippen LogP) is 3.92. The molecule has 1 aliphatic heterocycles. The molecule has 2 rings (SSSR count). The fourth-order valence-corrected chi connectivity index (χ4v) is 3.87. The molecule has 0 spiro atoms. The summed E-state index contributed by atoms with van der Waals surface area (Å²) in [5.41, 5.74) is 5.97. The highest BCUT2D eigenvalue weighted by atomic mass is 16.6. The number of rotatable bonds is 4. The standard InChI is InChI=1S/C22H36N4O3/c1-20(2,3)29-19(28)25-24-16-11-9-15(10-12-16)18(27)23-17-13-21(4,5)26(8)22(6,7)14-17/h9-12,17,24H,13-14H2,1-8H3,(H,23,27)(H,25,28). The van der Waals surface area contributed by atoms with E-state index in [1.54, 1.807) is 45.0 Å². The van der Waals surface area contributed by atoms with Crippen LogP contribution in [0.2, 0.25) is 0 Å². The number of likely N-dealkylation sites (tertiary alicyclic amines) is 1. The summed E-state index contributed by atoms with van der Waals surface area (Å²) in [6, 6.07) is 7.08. The number of hydrazine groups is 1. The molecule has 0 bridgehead atoms. The van der Waals surface area contributed by atoms with Crippen molar-refractivity contribution in [1.29, 1.82) is 0 Å². The van der Waals surface area contributed by atoms with Crippen molar-refractivity contribution in [2.45, 2.75) is 84.0 Å². The average Bonchev–Trinajstić information content (AvgIpc) is 2.56. The Morgan fingerprint density at radius 2 is 1.55 bits per heavy atom. The van der Waals surface area contributed by atoms with Crippen LogP contribution in [-0.4, -0.2) is 46.7 Å². The summed E-state index contributed by atoms with van der Waals surface area (Å²) in [6.45, 7) is 14.2. The van der Waals surface area contributed by atoms with Gasteiger partial charge >= 0.3 is 6.09 Å². The number of nitrogens with one attached hydrogen (secondary N) is 3. The third-order valence-electron chi connectivity index (χ3n) is 5.50. The minimum Gasteiger partial charge on any atom is -0.443 e. The third kappa shape index (κ3) is 6.35. The molecule has 1 heterocycles. The minimum absolute atomic E-state index is 0.0147. The molecule has 0 unspecified atom stereocenters. The molecule has 0 aliphatic carbocycles. The van der Waals surface area contributed by atoms with Gasteiger partial charge in [0.05, 0.1) is 5.69 Å². The van der Waals surface area contributed by atoms with Crippen molar-refractivity contribution >= 4 is 17.7 Å². The molecule has 0 atom stereocenters. The maximum atomic E-state index is 12.7. The number of hydrogen-bond acceptors (Lipinski definition) is 5. The Hall–Kier alpha value is -2.28. The maximum absolute atomic E-state index is 12.7. The van der Waals surface area contributed by atoms with Gasteiger partial charge in [0.15, 0.2) is 0 Å². The van der Waals surface area contributed by atoms with Crippen LogP contribution in [0.3, 0.4) is 0 Å². The second kappa shape index (κ2) is 8.22. The Kier molecular flexibility index (Phi) is 6.52. The zero-order valence-corrected chi connectivity index (χ0v) is 19.0. The third-order valence-corrected chi connectivity index (χ3v) is 5.50. The zero-order valence-electron chi connectivity index (χ0n) is 19.0. The number of hydrogen-bond donors (Lipinski definition) is 3. The van der Waals surface area contributed by atoms with Crippen LogP contribution in [-0.2, 0) is 4.74 Å². The molecule has 1 fully saturated rings. The van der Waals surface area contributed by atoms with Gasteiger partial charge in [0, 0.05) is 22.7 Å². The number of carbonyl (C=O) groups excluding carboxylic acids is 2. The van der Waals surface area contributed by atoms with Crippen LogP contribution in [0.5, 0.6) is 0 Å². The fourth-order valence-electron chi connectivity index (χ4n) is 3.87. The molecular weight excluding hydrogens is 368 g/mol. The van der Waals surface area contributed by atoms with E-state index < -0.39 is 11.7 Å². The molecular formula is C22H36N4O3. The van der Waals surface area contributed by atoms with Gasteiger partial charge in [-0.15, -0.1) is 0 Å². The summed E-state index contributed by atoms with van der Waals surface area (Å²) >= 11 is 0. The van der Waals surface area contributed by atoms with Crippen molar-refractivity contribution in [2.75, 3.05) is 12.5 Å². The van der Waals surface area contributed by atoms with E-state index >= 15 is 0 Å². The van der Waals surface area contributed by atoms with Gasteiger partial charge < -0.3 is 10.1 Å². The fraction of sp³-hybridized carbons (Fsp3) is 0.636. The summed E-state index contributed by atoms with van der Waals surface area (Å²) in [5, 5.41) is 3.19. The number of ether oxygens (including phenoxy) is 1. The van der Waals surface area contributed by atoms with Crippen LogP contribution in [0.4, 0.5) is 10.5 Å². The van der Waals surface area contributed by atoms with Crippen LogP contribution in [0.25, 0.3) is 0 Å². The number of piperidine rings is 1. The highest BCUT2D eigenvalue weighted by Gasteiger charge is 2.43. The Bertz CT molecular complexity index is 717. The smallest absolute Gasteiger partial charge is 0.426 e. The Morgan fingerprint density at radius 3 is 2.03 bits per heavy atom. The molecule has 0 radical (unpaired) electrons. The molecule has 162 valence electrons. The van der Waals surface area contributed by atoms with E-state index in [4.69, 9.17) is 4.74 Å². The van der Waals surface area contributed by atoms with E-state index in [9.17, 15) is 9.59 Å². The number of amides is 2. The number of anilines is 1. The van der Waals surface area contributed by atoms with E-state index in [1.165, 1.54) is 0 Å². The molecule has 2 amide bonds. The van der Waals surface area contributed by atoms with E-state index in [2.05, 4.69) is 55.8 Å². The van der Waals surface area contributed by atoms with Gasteiger partial charge in [-0.3, -0.25) is 15.1 Å². The molecule has 1 aromatic carbocycles. The van der Waals surface area contributed by atoms with Gasteiger partial charge in [0.25, 0.3) is 5.91 Å². The molecule has 1 aliphatic rings. The first-order valence-electron chi connectivity index (χ1n) is 10.1. The van der Waals surface area contributed by atoms with Gasteiger partial charge in [0.1, 0.15) is 5.60 Å². The van der Waals surface area contributed by atoms with Crippen LogP contribution in [0.1, 0.15) is 71.7 Å². The molecule has 1 saturated heterocycles. The predicted molar refractivity (Wildman–Crippen MR) is 116 cm³/mol. The first kappa shape index (κ1) is 23.0. The number of benzene rings is 1. The lowest BCUT2D eigenvalue weighted by Gasteiger charge is -2.53. The summed E-state index contributed by atoms with van der Waals surface area (Å²) < 4.78 is 5.17. The highest BCUT2D eigenvalue weighted by molar-refractivity contribution is 5.94. The summed E-state index contributed by atoms with van der Waals surface area (Å²) in [6.07, 6.45) is 1.24. The highest BCUT2D eigenvalue weighted by Crippen LogP contribution is 2.36. The zero-order chi connectivity index (χ0) is 22.0. The molecule has 7 nitrogen and oxygen atoms in total. The summed E-state index contributed by atoms with van der Waals surface area (Å²) in [7, 11) is 2.15. The van der Waals surface area contributed by atoms with Crippen molar-refractivity contribution < 1.29 is 14.3 Å².